The lowest BCUT2D eigenvalue weighted by molar-refractivity contribution is -0.155. The van der Waals surface area contributed by atoms with Gasteiger partial charge in [-0.15, -0.1) is 0 Å². The molecule has 1 saturated heterocycles. The standard InChI is InChI=1S/C35H42FN5O5/c1-6-35(43,7-2)29-18-25(21-38-34(29)45-5)32-23(3)30(41(39-32)27-11-9-8-10-12-27)20-28(42)17-26-22-40(15-16-44-4)46-33(26)24-13-14-37-31(36)19-24/h8-14,18-19,21,26,33,43H,6-7,15-17,20,22H2,1-5H3/t26-,33+/m1/s1. The number of rotatable bonds is 14. The highest BCUT2D eigenvalue weighted by Gasteiger charge is 2.37. The van der Waals surface area contributed by atoms with Crippen molar-refractivity contribution < 1.29 is 28.6 Å². The SMILES string of the molecule is CCC(O)(CC)c1cc(-c2nn(-c3ccccc3)c(CC(=O)C[C@@H]3CN(CCOC)O[C@H]3c3ccnc(F)c3)c2C)cnc1OC. The summed E-state index contributed by atoms with van der Waals surface area (Å²) in [4.78, 5) is 28.3. The van der Waals surface area contributed by atoms with Crippen LogP contribution in [-0.2, 0) is 26.4 Å². The topological polar surface area (TPSA) is 112 Å². The zero-order valence-electron chi connectivity index (χ0n) is 27.1. The van der Waals surface area contributed by atoms with Gasteiger partial charge in [-0.25, -0.2) is 14.6 Å². The minimum Gasteiger partial charge on any atom is -0.481 e. The second-order valence-corrected chi connectivity index (χ2v) is 11.7. The Bertz CT molecular complexity index is 1640. The molecule has 0 spiro atoms. The van der Waals surface area contributed by atoms with E-state index in [0.717, 1.165) is 22.5 Å². The zero-order chi connectivity index (χ0) is 32.8. The molecule has 11 heteroatoms. The quantitative estimate of drug-likeness (QED) is 0.179. The molecule has 1 N–H and O–H groups in total. The maximum Gasteiger partial charge on any atom is 0.219 e. The van der Waals surface area contributed by atoms with E-state index in [4.69, 9.17) is 19.4 Å². The molecule has 10 nitrogen and oxygen atoms in total. The summed E-state index contributed by atoms with van der Waals surface area (Å²) in [5.74, 6) is -0.419. The Balaban J connectivity index is 1.48. The molecule has 0 aliphatic carbocycles. The summed E-state index contributed by atoms with van der Waals surface area (Å²) >= 11 is 0. The smallest absolute Gasteiger partial charge is 0.219 e. The molecule has 0 radical (unpaired) electrons. The van der Waals surface area contributed by atoms with Crippen molar-refractivity contribution in [3.05, 3.63) is 89.3 Å². The fourth-order valence-corrected chi connectivity index (χ4v) is 6.14. The molecule has 4 heterocycles. The number of carbonyl (C=O) groups is 1. The molecule has 0 saturated carbocycles. The number of carbonyl (C=O) groups excluding carboxylic acids is 1. The number of aromatic nitrogens is 4. The number of hydrogen-bond acceptors (Lipinski definition) is 9. The molecule has 3 aromatic heterocycles. The van der Waals surface area contributed by atoms with Gasteiger partial charge in [-0.05, 0) is 61.2 Å². The van der Waals surface area contributed by atoms with Crippen LogP contribution in [0.25, 0.3) is 16.9 Å². The first-order valence-electron chi connectivity index (χ1n) is 15.7. The predicted octanol–water partition coefficient (Wildman–Crippen LogP) is 5.55. The molecule has 1 aliphatic heterocycles. The van der Waals surface area contributed by atoms with Gasteiger partial charge in [0.25, 0.3) is 0 Å². The van der Waals surface area contributed by atoms with E-state index in [1.54, 1.807) is 24.4 Å². The summed E-state index contributed by atoms with van der Waals surface area (Å²) < 4.78 is 26.6. The minimum atomic E-state index is -1.11. The first kappa shape index (κ1) is 33.3. The Morgan fingerprint density at radius 2 is 1.89 bits per heavy atom. The third-order valence-electron chi connectivity index (χ3n) is 8.84. The van der Waals surface area contributed by atoms with Crippen molar-refractivity contribution in [1.29, 1.82) is 0 Å². The van der Waals surface area contributed by atoms with Crippen LogP contribution in [0.4, 0.5) is 4.39 Å². The van der Waals surface area contributed by atoms with Crippen LogP contribution in [0, 0.1) is 18.8 Å². The highest BCUT2D eigenvalue weighted by molar-refractivity contribution is 5.82. The number of hydroxylamine groups is 2. The Morgan fingerprint density at radius 1 is 1.13 bits per heavy atom. The van der Waals surface area contributed by atoms with E-state index in [1.165, 1.54) is 19.4 Å². The monoisotopic (exact) mass is 631 g/mol. The Morgan fingerprint density at radius 3 is 2.57 bits per heavy atom. The van der Waals surface area contributed by atoms with Gasteiger partial charge in [-0.3, -0.25) is 9.63 Å². The van der Waals surface area contributed by atoms with Crippen LogP contribution in [0.3, 0.4) is 0 Å². The average Bonchev–Trinajstić information content (AvgIpc) is 3.63. The number of halogens is 1. The Kier molecular flexibility index (Phi) is 10.6. The van der Waals surface area contributed by atoms with Crippen LogP contribution < -0.4 is 4.74 Å². The molecule has 1 aliphatic rings. The maximum absolute atomic E-state index is 14.1. The van der Waals surface area contributed by atoms with Crippen LogP contribution in [-0.4, -0.2) is 69.6 Å². The molecule has 0 amide bonds. The lowest BCUT2D eigenvalue weighted by Gasteiger charge is -2.27. The van der Waals surface area contributed by atoms with Crippen LogP contribution in [0.2, 0.25) is 0 Å². The van der Waals surface area contributed by atoms with Crippen LogP contribution in [0.5, 0.6) is 5.88 Å². The molecule has 5 rings (SSSR count). The molecule has 0 unspecified atom stereocenters. The number of ether oxygens (including phenoxy) is 2. The number of benzene rings is 1. The lowest BCUT2D eigenvalue weighted by atomic mass is 9.88. The van der Waals surface area contributed by atoms with Gasteiger partial charge in [0.2, 0.25) is 11.8 Å². The van der Waals surface area contributed by atoms with E-state index in [2.05, 4.69) is 9.97 Å². The average molecular weight is 632 g/mol. The van der Waals surface area contributed by atoms with Crippen molar-refractivity contribution >= 4 is 5.78 Å². The second kappa shape index (κ2) is 14.6. The van der Waals surface area contributed by atoms with Gasteiger partial charge in [-0.2, -0.15) is 14.6 Å². The van der Waals surface area contributed by atoms with E-state index in [-0.39, 0.29) is 24.5 Å². The van der Waals surface area contributed by atoms with Gasteiger partial charge in [0.1, 0.15) is 11.9 Å². The van der Waals surface area contributed by atoms with Gasteiger partial charge >= 0.3 is 0 Å². The molecular formula is C35H42FN5O5. The number of Topliss-reactive ketones (excluding diaryl/α,β-unsaturated/α-hetero) is 1. The summed E-state index contributed by atoms with van der Waals surface area (Å²) in [6.07, 6.45) is 3.94. The summed E-state index contributed by atoms with van der Waals surface area (Å²) in [5, 5.41) is 18.2. The number of aliphatic hydroxyl groups is 1. The highest BCUT2D eigenvalue weighted by Crippen LogP contribution is 2.39. The minimum absolute atomic E-state index is 0.00772. The van der Waals surface area contributed by atoms with E-state index in [1.807, 2.05) is 61.9 Å². The van der Waals surface area contributed by atoms with Crippen LogP contribution in [0.15, 0.2) is 60.9 Å². The zero-order valence-corrected chi connectivity index (χ0v) is 27.1. The fourth-order valence-electron chi connectivity index (χ4n) is 6.14. The summed E-state index contributed by atoms with van der Waals surface area (Å²) in [6.45, 7) is 7.30. The molecule has 46 heavy (non-hydrogen) atoms. The van der Waals surface area contributed by atoms with Gasteiger partial charge in [0, 0.05) is 62.5 Å². The van der Waals surface area contributed by atoms with E-state index >= 15 is 0 Å². The summed E-state index contributed by atoms with van der Waals surface area (Å²) in [6, 6.07) is 14.6. The molecular weight excluding hydrogens is 589 g/mol. The van der Waals surface area contributed by atoms with Gasteiger partial charge in [-0.1, -0.05) is 32.0 Å². The molecule has 244 valence electrons. The lowest BCUT2D eigenvalue weighted by Crippen LogP contribution is -2.24. The number of hydrogen-bond donors (Lipinski definition) is 1. The van der Waals surface area contributed by atoms with Crippen molar-refractivity contribution in [3.63, 3.8) is 0 Å². The number of para-hydroxylation sites is 1. The number of ketones is 1. The van der Waals surface area contributed by atoms with Gasteiger partial charge in [0.05, 0.1) is 36.4 Å². The van der Waals surface area contributed by atoms with Crippen molar-refractivity contribution in [1.82, 2.24) is 24.8 Å². The summed E-state index contributed by atoms with van der Waals surface area (Å²) in [7, 11) is 3.16. The van der Waals surface area contributed by atoms with Crippen LogP contribution >= 0.6 is 0 Å². The first-order chi connectivity index (χ1) is 22.2. The van der Waals surface area contributed by atoms with Crippen molar-refractivity contribution in [2.75, 3.05) is 33.9 Å². The van der Waals surface area contributed by atoms with Gasteiger partial charge in [0.15, 0.2) is 0 Å². The maximum atomic E-state index is 14.1. The van der Waals surface area contributed by atoms with Crippen molar-refractivity contribution in [2.45, 2.75) is 58.2 Å². The number of pyridine rings is 2. The molecule has 1 aromatic carbocycles. The highest BCUT2D eigenvalue weighted by atomic mass is 19.1. The third kappa shape index (κ3) is 7.02. The van der Waals surface area contributed by atoms with Gasteiger partial charge < -0.3 is 14.6 Å². The van der Waals surface area contributed by atoms with Crippen molar-refractivity contribution in [2.24, 2.45) is 5.92 Å². The molecule has 2 atom stereocenters. The molecule has 4 aromatic rings. The van der Waals surface area contributed by atoms with E-state index in [9.17, 15) is 14.3 Å². The predicted molar refractivity (Wildman–Crippen MR) is 171 cm³/mol. The number of nitrogens with zero attached hydrogens (tertiary/aromatic N) is 5. The second-order valence-electron chi connectivity index (χ2n) is 11.7. The van der Waals surface area contributed by atoms with E-state index < -0.39 is 17.7 Å². The molecule has 1 fully saturated rings. The Labute approximate surface area is 269 Å². The largest absolute Gasteiger partial charge is 0.481 e. The molecule has 0 bridgehead atoms. The fraction of sp³-hybridized carbons (Fsp3) is 0.429. The number of methoxy groups -OCH3 is 2. The normalized spacial score (nSPS) is 17.0. The van der Waals surface area contributed by atoms with Crippen molar-refractivity contribution in [3.8, 4) is 22.8 Å². The third-order valence-corrected chi connectivity index (χ3v) is 8.84. The summed E-state index contributed by atoms with van der Waals surface area (Å²) in [5.41, 5.74) is 3.92. The van der Waals surface area contributed by atoms with E-state index in [0.29, 0.717) is 55.2 Å². The Hall–Kier alpha value is -4.03. The van der Waals surface area contributed by atoms with Crippen LogP contribution in [0.1, 0.15) is 61.6 Å². The first-order valence-corrected chi connectivity index (χ1v) is 15.7.